The van der Waals surface area contributed by atoms with Crippen molar-refractivity contribution in [3.05, 3.63) is 29.8 Å². The predicted molar refractivity (Wildman–Crippen MR) is 66.9 cm³/mol. The lowest BCUT2D eigenvalue weighted by molar-refractivity contribution is 0.0971. The zero-order valence-electron chi connectivity index (χ0n) is 10.5. The van der Waals surface area contributed by atoms with Gasteiger partial charge in [0.1, 0.15) is 12.0 Å². The molecule has 6 nitrogen and oxygen atoms in total. The molecule has 0 aromatic carbocycles. The van der Waals surface area contributed by atoms with E-state index in [1.54, 1.807) is 19.4 Å². The van der Waals surface area contributed by atoms with Gasteiger partial charge in [-0.25, -0.2) is 19.9 Å². The van der Waals surface area contributed by atoms with Crippen LogP contribution in [0.4, 0.5) is 0 Å². The number of methoxy groups -OCH3 is 1. The molecular weight excluding hydrogens is 244 g/mol. The highest BCUT2D eigenvalue weighted by Gasteiger charge is 2.20. The van der Waals surface area contributed by atoms with Crippen molar-refractivity contribution < 1.29 is 9.53 Å². The third kappa shape index (κ3) is 2.16. The average Bonchev–Trinajstić information content (AvgIpc) is 2.47. The second kappa shape index (κ2) is 4.72. The molecule has 2 heterocycles. The quantitative estimate of drug-likeness (QED) is 0.809. The summed E-state index contributed by atoms with van der Waals surface area (Å²) in [5, 5.41) is 0. The Bertz CT molecular complexity index is 642. The molecule has 2 aromatic heterocycles. The Morgan fingerprint density at radius 3 is 2.95 bits per heavy atom. The number of carbonyl (C=O) groups excluding carboxylic acids is 1. The summed E-state index contributed by atoms with van der Waals surface area (Å²) in [6.07, 6.45) is 5.22. The van der Waals surface area contributed by atoms with Crippen molar-refractivity contribution in [2.75, 3.05) is 7.11 Å². The molecule has 0 bridgehead atoms. The number of aromatic nitrogens is 4. The van der Waals surface area contributed by atoms with Crippen molar-refractivity contribution in [1.29, 1.82) is 0 Å². The van der Waals surface area contributed by atoms with Crippen LogP contribution in [0.2, 0.25) is 0 Å². The first-order valence-electron chi connectivity index (χ1n) is 6.03. The van der Waals surface area contributed by atoms with E-state index in [-0.39, 0.29) is 5.78 Å². The summed E-state index contributed by atoms with van der Waals surface area (Å²) in [7, 11) is 1.54. The van der Waals surface area contributed by atoms with Gasteiger partial charge in [-0.3, -0.25) is 4.79 Å². The van der Waals surface area contributed by atoms with Crippen LogP contribution in [0.5, 0.6) is 5.88 Å². The SMILES string of the molecule is COc1cc(-c2ncc3c(n2)CCCC3=O)ncn1. The molecule has 0 N–H and O–H groups in total. The fraction of sp³-hybridized carbons (Fsp3) is 0.308. The maximum absolute atomic E-state index is 11.7. The van der Waals surface area contributed by atoms with Crippen LogP contribution in [-0.4, -0.2) is 32.8 Å². The average molecular weight is 256 g/mol. The summed E-state index contributed by atoms with van der Waals surface area (Å²) < 4.78 is 5.05. The van der Waals surface area contributed by atoms with Crippen molar-refractivity contribution in [1.82, 2.24) is 19.9 Å². The highest BCUT2D eigenvalue weighted by molar-refractivity contribution is 5.97. The largest absolute Gasteiger partial charge is 0.481 e. The number of Topliss-reactive ketones (excluding diaryl/α,β-unsaturated/α-hetero) is 1. The molecule has 0 unspecified atom stereocenters. The van der Waals surface area contributed by atoms with Crippen LogP contribution in [0.25, 0.3) is 11.5 Å². The Hall–Kier alpha value is -2.37. The third-order valence-corrected chi connectivity index (χ3v) is 3.07. The minimum Gasteiger partial charge on any atom is -0.481 e. The molecule has 96 valence electrons. The number of ketones is 1. The topological polar surface area (TPSA) is 77.9 Å². The summed E-state index contributed by atoms with van der Waals surface area (Å²) in [5.74, 6) is 1.07. The third-order valence-electron chi connectivity index (χ3n) is 3.07. The van der Waals surface area contributed by atoms with E-state index in [1.165, 1.54) is 6.33 Å². The van der Waals surface area contributed by atoms with Crippen molar-refractivity contribution in [3.8, 4) is 17.4 Å². The maximum Gasteiger partial charge on any atom is 0.216 e. The number of aryl methyl sites for hydroxylation is 1. The number of hydrogen-bond donors (Lipinski definition) is 0. The minimum atomic E-state index is 0.119. The van der Waals surface area contributed by atoms with Gasteiger partial charge in [0.2, 0.25) is 5.88 Å². The van der Waals surface area contributed by atoms with Crippen molar-refractivity contribution in [2.45, 2.75) is 19.3 Å². The molecule has 0 atom stereocenters. The van der Waals surface area contributed by atoms with Gasteiger partial charge in [0, 0.05) is 18.7 Å². The molecular formula is C13H12N4O2. The number of carbonyl (C=O) groups is 1. The van der Waals surface area contributed by atoms with Crippen molar-refractivity contribution >= 4 is 5.78 Å². The molecule has 1 aliphatic rings. The van der Waals surface area contributed by atoms with Gasteiger partial charge >= 0.3 is 0 Å². The molecule has 6 heteroatoms. The van der Waals surface area contributed by atoms with Gasteiger partial charge in [-0.1, -0.05) is 0 Å². The Morgan fingerprint density at radius 2 is 2.11 bits per heavy atom. The molecule has 0 amide bonds. The van der Waals surface area contributed by atoms with Crippen LogP contribution in [0.1, 0.15) is 28.9 Å². The Labute approximate surface area is 109 Å². The number of ether oxygens (including phenoxy) is 1. The molecule has 2 aromatic rings. The normalized spacial score (nSPS) is 14.1. The Balaban J connectivity index is 2.04. The van der Waals surface area contributed by atoms with Crippen LogP contribution in [0.15, 0.2) is 18.6 Å². The first kappa shape index (κ1) is 11.7. The first-order valence-corrected chi connectivity index (χ1v) is 6.03. The molecule has 3 rings (SSSR count). The fourth-order valence-corrected chi connectivity index (χ4v) is 2.09. The van der Waals surface area contributed by atoms with Crippen molar-refractivity contribution in [3.63, 3.8) is 0 Å². The summed E-state index contributed by atoms with van der Waals surface area (Å²) in [6.45, 7) is 0. The molecule has 0 fully saturated rings. The molecule has 19 heavy (non-hydrogen) atoms. The lowest BCUT2D eigenvalue weighted by atomic mass is 9.96. The van der Waals surface area contributed by atoms with E-state index in [9.17, 15) is 4.79 Å². The minimum absolute atomic E-state index is 0.119. The Kier molecular flexibility index (Phi) is 2.91. The van der Waals surface area contributed by atoms with E-state index in [0.29, 0.717) is 29.4 Å². The molecule has 0 saturated carbocycles. The monoisotopic (exact) mass is 256 g/mol. The van der Waals surface area contributed by atoms with Gasteiger partial charge in [0.25, 0.3) is 0 Å². The van der Waals surface area contributed by atoms with E-state index >= 15 is 0 Å². The van der Waals surface area contributed by atoms with Gasteiger partial charge < -0.3 is 4.74 Å². The standard InChI is InChI=1S/C13H12N4O2/c1-19-12-5-10(15-7-16-12)13-14-6-8-9(17-13)3-2-4-11(8)18/h5-7H,2-4H2,1H3. The summed E-state index contributed by atoms with van der Waals surface area (Å²) in [6, 6.07) is 1.67. The van der Waals surface area contributed by atoms with Crippen LogP contribution in [0.3, 0.4) is 0 Å². The van der Waals surface area contributed by atoms with Gasteiger partial charge in [-0.2, -0.15) is 0 Å². The molecule has 1 aliphatic carbocycles. The van der Waals surface area contributed by atoms with Gasteiger partial charge in [-0.15, -0.1) is 0 Å². The maximum atomic E-state index is 11.7. The number of hydrogen-bond acceptors (Lipinski definition) is 6. The first-order chi connectivity index (χ1) is 9.28. The second-order valence-corrected chi connectivity index (χ2v) is 4.28. The predicted octanol–water partition coefficient (Wildman–Crippen LogP) is 1.46. The molecule has 0 aliphatic heterocycles. The number of rotatable bonds is 2. The second-order valence-electron chi connectivity index (χ2n) is 4.28. The van der Waals surface area contributed by atoms with E-state index in [0.717, 1.165) is 18.5 Å². The lowest BCUT2D eigenvalue weighted by Gasteiger charge is -2.13. The molecule has 0 radical (unpaired) electrons. The number of nitrogens with zero attached hydrogens (tertiary/aromatic N) is 4. The molecule has 0 spiro atoms. The summed E-state index contributed by atoms with van der Waals surface area (Å²) >= 11 is 0. The van der Waals surface area contributed by atoms with E-state index in [4.69, 9.17) is 4.74 Å². The summed E-state index contributed by atoms with van der Waals surface area (Å²) in [5.41, 5.74) is 2.03. The van der Waals surface area contributed by atoms with Gasteiger partial charge in [0.15, 0.2) is 11.6 Å². The Morgan fingerprint density at radius 1 is 1.21 bits per heavy atom. The highest BCUT2D eigenvalue weighted by atomic mass is 16.5. The lowest BCUT2D eigenvalue weighted by Crippen LogP contribution is -2.14. The van der Waals surface area contributed by atoms with Crippen LogP contribution >= 0.6 is 0 Å². The van der Waals surface area contributed by atoms with Crippen LogP contribution in [-0.2, 0) is 6.42 Å². The van der Waals surface area contributed by atoms with E-state index in [2.05, 4.69) is 19.9 Å². The zero-order chi connectivity index (χ0) is 13.2. The van der Waals surface area contributed by atoms with Gasteiger partial charge in [-0.05, 0) is 12.8 Å². The van der Waals surface area contributed by atoms with Crippen molar-refractivity contribution in [2.24, 2.45) is 0 Å². The van der Waals surface area contributed by atoms with E-state index < -0.39 is 0 Å². The molecule has 0 saturated heterocycles. The summed E-state index contributed by atoms with van der Waals surface area (Å²) in [4.78, 5) is 28.4. The van der Waals surface area contributed by atoms with Crippen LogP contribution < -0.4 is 4.74 Å². The fourth-order valence-electron chi connectivity index (χ4n) is 2.09. The van der Waals surface area contributed by atoms with E-state index in [1.807, 2.05) is 0 Å². The van der Waals surface area contributed by atoms with Gasteiger partial charge in [0.05, 0.1) is 18.4 Å². The zero-order valence-corrected chi connectivity index (χ0v) is 10.5. The smallest absolute Gasteiger partial charge is 0.216 e. The highest BCUT2D eigenvalue weighted by Crippen LogP contribution is 2.22. The van der Waals surface area contributed by atoms with Crippen LogP contribution in [0, 0.1) is 0 Å². The number of fused-ring (bicyclic) bond motifs is 1.